The van der Waals surface area contributed by atoms with Crippen molar-refractivity contribution in [3.63, 3.8) is 0 Å². The van der Waals surface area contributed by atoms with Crippen LogP contribution >= 0.6 is 0 Å². The van der Waals surface area contributed by atoms with Crippen molar-refractivity contribution < 1.29 is 9.21 Å². The third-order valence-electron chi connectivity index (χ3n) is 2.89. The van der Waals surface area contributed by atoms with Crippen molar-refractivity contribution in [3.05, 3.63) is 24.2 Å². The number of nitrogens with zero attached hydrogens (tertiary/aromatic N) is 1. The predicted molar refractivity (Wildman–Crippen MR) is 62.6 cm³/mol. The summed E-state index contributed by atoms with van der Waals surface area (Å²) in [4.78, 5) is 13.5. The topological polar surface area (TPSA) is 59.5 Å². The highest BCUT2D eigenvalue weighted by molar-refractivity contribution is 5.81. The van der Waals surface area contributed by atoms with Gasteiger partial charge in [0.25, 0.3) is 0 Å². The summed E-state index contributed by atoms with van der Waals surface area (Å²) in [5.74, 6) is 0.935. The molecular weight excluding hydrogens is 204 g/mol. The Morgan fingerprint density at radius 3 is 2.81 bits per heavy atom. The molecule has 0 aromatic carbocycles. The molecule has 0 bridgehead atoms. The Bertz CT molecular complexity index is 322. The van der Waals surface area contributed by atoms with Gasteiger partial charge in [-0.1, -0.05) is 20.3 Å². The average Bonchev–Trinajstić information content (AvgIpc) is 2.78. The Kier molecular flexibility index (Phi) is 4.55. The van der Waals surface area contributed by atoms with E-state index in [1.165, 1.54) is 0 Å². The molecule has 2 N–H and O–H groups in total. The smallest absolute Gasteiger partial charge is 0.239 e. The summed E-state index contributed by atoms with van der Waals surface area (Å²) >= 11 is 0. The van der Waals surface area contributed by atoms with Crippen LogP contribution in [0.5, 0.6) is 0 Å². The van der Waals surface area contributed by atoms with Crippen LogP contribution in [-0.2, 0) is 11.3 Å². The molecule has 1 aromatic rings. The van der Waals surface area contributed by atoms with Gasteiger partial charge in [-0.3, -0.25) is 4.79 Å². The molecular formula is C12H20N2O2. The standard InChI is InChI=1S/C12H20N2O2/c1-4-9(2)11(13)12(15)14(3)8-10-6-5-7-16-10/h5-7,9,11H,4,8,13H2,1-3H3/t9-,11-/m0/s1. The minimum absolute atomic E-state index is 0.0363. The fourth-order valence-corrected chi connectivity index (χ4v) is 1.47. The van der Waals surface area contributed by atoms with Crippen molar-refractivity contribution in [2.75, 3.05) is 7.05 Å². The van der Waals surface area contributed by atoms with Crippen LogP contribution in [0, 0.1) is 5.92 Å². The van der Waals surface area contributed by atoms with E-state index in [0.717, 1.165) is 12.2 Å². The normalized spacial score (nSPS) is 14.5. The summed E-state index contributed by atoms with van der Waals surface area (Å²) in [6.07, 6.45) is 2.50. The van der Waals surface area contributed by atoms with E-state index in [1.807, 2.05) is 26.0 Å². The van der Waals surface area contributed by atoms with Crippen molar-refractivity contribution in [1.82, 2.24) is 4.90 Å². The van der Waals surface area contributed by atoms with Crippen LogP contribution in [-0.4, -0.2) is 23.9 Å². The van der Waals surface area contributed by atoms with E-state index in [0.29, 0.717) is 6.54 Å². The molecule has 0 aliphatic rings. The minimum atomic E-state index is -0.426. The summed E-state index contributed by atoms with van der Waals surface area (Å²) in [5, 5.41) is 0. The third-order valence-corrected chi connectivity index (χ3v) is 2.89. The third kappa shape index (κ3) is 3.10. The first-order valence-corrected chi connectivity index (χ1v) is 5.59. The van der Waals surface area contributed by atoms with Gasteiger partial charge >= 0.3 is 0 Å². The van der Waals surface area contributed by atoms with Gasteiger partial charge in [0.2, 0.25) is 5.91 Å². The molecule has 1 aromatic heterocycles. The molecule has 0 unspecified atom stereocenters. The summed E-state index contributed by atoms with van der Waals surface area (Å²) in [5.41, 5.74) is 5.88. The van der Waals surface area contributed by atoms with Crippen molar-refractivity contribution in [1.29, 1.82) is 0 Å². The zero-order chi connectivity index (χ0) is 12.1. The van der Waals surface area contributed by atoms with Gasteiger partial charge in [0.1, 0.15) is 5.76 Å². The SMILES string of the molecule is CC[C@H](C)[C@H](N)C(=O)N(C)Cc1ccco1. The molecule has 0 saturated carbocycles. The maximum absolute atomic E-state index is 11.9. The summed E-state index contributed by atoms with van der Waals surface area (Å²) in [7, 11) is 1.74. The lowest BCUT2D eigenvalue weighted by Gasteiger charge is -2.23. The average molecular weight is 224 g/mol. The molecule has 0 aliphatic heterocycles. The van der Waals surface area contributed by atoms with E-state index in [2.05, 4.69) is 0 Å². The van der Waals surface area contributed by atoms with Gasteiger partial charge in [0.15, 0.2) is 0 Å². The quantitative estimate of drug-likeness (QED) is 0.826. The second-order valence-electron chi connectivity index (χ2n) is 4.18. The summed E-state index contributed by atoms with van der Waals surface area (Å²) in [6.45, 7) is 4.49. The minimum Gasteiger partial charge on any atom is -0.467 e. The molecule has 1 heterocycles. The molecule has 4 heteroatoms. The zero-order valence-electron chi connectivity index (χ0n) is 10.1. The Balaban J connectivity index is 2.53. The van der Waals surface area contributed by atoms with E-state index in [4.69, 9.17) is 10.2 Å². The molecule has 16 heavy (non-hydrogen) atoms. The van der Waals surface area contributed by atoms with Crippen LogP contribution in [0.3, 0.4) is 0 Å². The maximum Gasteiger partial charge on any atom is 0.239 e. The van der Waals surface area contributed by atoms with Gasteiger partial charge in [-0.15, -0.1) is 0 Å². The van der Waals surface area contributed by atoms with E-state index in [1.54, 1.807) is 18.2 Å². The maximum atomic E-state index is 11.9. The van der Waals surface area contributed by atoms with Crippen LogP contribution in [0.2, 0.25) is 0 Å². The van der Waals surface area contributed by atoms with Crippen LogP contribution in [0.15, 0.2) is 22.8 Å². The second kappa shape index (κ2) is 5.70. The van der Waals surface area contributed by atoms with Gasteiger partial charge in [-0.2, -0.15) is 0 Å². The number of likely N-dealkylation sites (N-methyl/N-ethyl adjacent to an activating group) is 1. The monoisotopic (exact) mass is 224 g/mol. The van der Waals surface area contributed by atoms with Gasteiger partial charge in [0, 0.05) is 7.05 Å². The molecule has 0 spiro atoms. The van der Waals surface area contributed by atoms with Crippen LogP contribution < -0.4 is 5.73 Å². The Labute approximate surface area is 96.4 Å². The van der Waals surface area contributed by atoms with Crippen LogP contribution in [0.4, 0.5) is 0 Å². The lowest BCUT2D eigenvalue weighted by molar-refractivity contribution is -0.133. The first-order chi connectivity index (χ1) is 7.56. The summed E-state index contributed by atoms with van der Waals surface area (Å²) < 4.78 is 5.19. The first kappa shape index (κ1) is 12.8. The molecule has 4 nitrogen and oxygen atoms in total. The highest BCUT2D eigenvalue weighted by atomic mass is 16.3. The molecule has 0 radical (unpaired) electrons. The van der Waals surface area contributed by atoms with Gasteiger partial charge in [-0.25, -0.2) is 0 Å². The number of carbonyl (C=O) groups excluding carboxylic acids is 1. The van der Waals surface area contributed by atoms with Crippen molar-refractivity contribution >= 4 is 5.91 Å². The molecule has 0 saturated heterocycles. The lowest BCUT2D eigenvalue weighted by Crippen LogP contribution is -2.45. The summed E-state index contributed by atoms with van der Waals surface area (Å²) in [6, 6.07) is 3.23. The molecule has 1 amide bonds. The molecule has 1 rings (SSSR count). The fraction of sp³-hybridized carbons (Fsp3) is 0.583. The second-order valence-corrected chi connectivity index (χ2v) is 4.18. The molecule has 0 aliphatic carbocycles. The highest BCUT2D eigenvalue weighted by Crippen LogP contribution is 2.10. The zero-order valence-corrected chi connectivity index (χ0v) is 10.1. The number of furan rings is 1. The lowest BCUT2D eigenvalue weighted by atomic mass is 9.99. The first-order valence-electron chi connectivity index (χ1n) is 5.59. The number of hydrogen-bond donors (Lipinski definition) is 1. The van der Waals surface area contributed by atoms with Gasteiger partial charge in [-0.05, 0) is 18.1 Å². The van der Waals surface area contributed by atoms with Crippen molar-refractivity contribution in [2.45, 2.75) is 32.9 Å². The van der Waals surface area contributed by atoms with Gasteiger partial charge < -0.3 is 15.1 Å². The largest absolute Gasteiger partial charge is 0.467 e. The molecule has 90 valence electrons. The van der Waals surface area contributed by atoms with E-state index >= 15 is 0 Å². The predicted octanol–water partition coefficient (Wildman–Crippen LogP) is 1.61. The van der Waals surface area contributed by atoms with Crippen molar-refractivity contribution in [2.24, 2.45) is 11.7 Å². The highest BCUT2D eigenvalue weighted by Gasteiger charge is 2.23. The Morgan fingerprint density at radius 2 is 2.31 bits per heavy atom. The Morgan fingerprint density at radius 1 is 1.62 bits per heavy atom. The Hall–Kier alpha value is -1.29. The number of carbonyl (C=O) groups is 1. The number of rotatable bonds is 5. The molecule has 0 fully saturated rings. The van der Waals surface area contributed by atoms with E-state index in [9.17, 15) is 4.79 Å². The molecule has 2 atom stereocenters. The number of hydrogen-bond acceptors (Lipinski definition) is 3. The van der Waals surface area contributed by atoms with Gasteiger partial charge in [0.05, 0.1) is 18.8 Å². The fourth-order valence-electron chi connectivity index (χ4n) is 1.47. The van der Waals surface area contributed by atoms with E-state index < -0.39 is 6.04 Å². The van der Waals surface area contributed by atoms with Crippen LogP contribution in [0.25, 0.3) is 0 Å². The van der Waals surface area contributed by atoms with E-state index in [-0.39, 0.29) is 11.8 Å². The van der Waals surface area contributed by atoms with Crippen molar-refractivity contribution in [3.8, 4) is 0 Å². The number of nitrogens with two attached hydrogens (primary N) is 1. The van der Waals surface area contributed by atoms with Crippen LogP contribution in [0.1, 0.15) is 26.0 Å². The number of amides is 1.